The Bertz CT molecular complexity index is 3170. The molecule has 0 aromatic heterocycles. The highest BCUT2D eigenvalue weighted by molar-refractivity contribution is 7.22. The molecule has 0 N–H and O–H groups in total. The van der Waals surface area contributed by atoms with Gasteiger partial charge in [-0.2, -0.15) is 0 Å². The standard InChI is InChI=1S/C60H47NSi/c1-40-35-44(38-46(36-40)62(45-21-6-5-7-22-45)57-31-16-11-26-51(57)52-27-12-17-32-58(52)62)61(43-33-34-50-47-23-8-13-28-53(47)59(2,3)56(50)39-43)42-20-18-19-41(37-42)60(4)54-29-14-9-24-48(54)49-25-10-15-30-55(49)60/h5-39H,1-4H3. The fourth-order valence-corrected chi connectivity index (χ4v) is 17.1. The van der Waals surface area contributed by atoms with Crippen molar-refractivity contribution in [2.45, 2.75) is 38.5 Å². The first-order valence-corrected chi connectivity index (χ1v) is 24.0. The van der Waals surface area contributed by atoms with Crippen LogP contribution in [0, 0.1) is 6.92 Å². The topological polar surface area (TPSA) is 3.24 Å². The molecule has 0 saturated heterocycles. The smallest absolute Gasteiger partial charge is 0.180 e. The first kappa shape index (κ1) is 36.8. The lowest BCUT2D eigenvalue weighted by atomic mass is 9.74. The Kier molecular flexibility index (Phi) is 8.02. The molecule has 2 heteroatoms. The largest absolute Gasteiger partial charge is 0.310 e. The second-order valence-corrected chi connectivity index (χ2v) is 22.0. The van der Waals surface area contributed by atoms with E-state index in [1.807, 2.05) is 0 Å². The summed E-state index contributed by atoms with van der Waals surface area (Å²) in [4.78, 5) is 2.55. The quantitative estimate of drug-likeness (QED) is 0.151. The molecule has 0 atom stereocenters. The van der Waals surface area contributed by atoms with Gasteiger partial charge < -0.3 is 4.90 Å². The van der Waals surface area contributed by atoms with Crippen molar-refractivity contribution in [1.29, 1.82) is 0 Å². The molecule has 1 heterocycles. The lowest BCUT2D eigenvalue weighted by Gasteiger charge is -2.34. The summed E-state index contributed by atoms with van der Waals surface area (Å²) in [5.74, 6) is 0. The molecule has 0 fully saturated rings. The zero-order chi connectivity index (χ0) is 41.8. The Labute approximate surface area is 366 Å². The highest BCUT2D eigenvalue weighted by Gasteiger charge is 2.49. The Morgan fingerprint density at radius 3 is 1.52 bits per heavy atom. The summed E-state index contributed by atoms with van der Waals surface area (Å²) >= 11 is 0. The summed E-state index contributed by atoms with van der Waals surface area (Å²) in [5, 5.41) is 5.73. The van der Waals surface area contributed by atoms with Crippen LogP contribution in [0.1, 0.15) is 54.2 Å². The highest BCUT2D eigenvalue weighted by Crippen LogP contribution is 2.54. The molecule has 0 amide bonds. The molecular weight excluding hydrogens is 763 g/mol. The number of anilines is 3. The molecule has 0 radical (unpaired) electrons. The average molecular weight is 810 g/mol. The number of benzene rings is 9. The lowest BCUT2D eigenvalue weighted by Crippen LogP contribution is -2.72. The van der Waals surface area contributed by atoms with Gasteiger partial charge in [-0.15, -0.1) is 0 Å². The maximum atomic E-state index is 2.55. The highest BCUT2D eigenvalue weighted by atomic mass is 28.3. The van der Waals surface area contributed by atoms with Gasteiger partial charge in [0.2, 0.25) is 0 Å². The third-order valence-electron chi connectivity index (χ3n) is 14.6. The Balaban J connectivity index is 1.12. The summed E-state index contributed by atoms with van der Waals surface area (Å²) < 4.78 is 0. The molecule has 62 heavy (non-hydrogen) atoms. The summed E-state index contributed by atoms with van der Waals surface area (Å²) in [7, 11) is -2.77. The molecule has 1 nitrogen and oxygen atoms in total. The Morgan fingerprint density at radius 1 is 0.355 bits per heavy atom. The van der Waals surface area contributed by atoms with Crippen molar-refractivity contribution < 1.29 is 0 Å². The van der Waals surface area contributed by atoms with Crippen molar-refractivity contribution in [1.82, 2.24) is 0 Å². The summed E-state index contributed by atoms with van der Waals surface area (Å²) in [6, 6.07) is 80.8. The van der Waals surface area contributed by atoms with Gasteiger partial charge in [0.25, 0.3) is 0 Å². The van der Waals surface area contributed by atoms with E-state index in [0.29, 0.717) is 0 Å². The lowest BCUT2D eigenvalue weighted by molar-refractivity contribution is 0.660. The molecule has 9 aromatic carbocycles. The summed E-state index contributed by atoms with van der Waals surface area (Å²) in [6.45, 7) is 9.48. The van der Waals surface area contributed by atoms with E-state index in [1.54, 1.807) is 0 Å². The fourth-order valence-electron chi connectivity index (χ4n) is 11.8. The summed E-state index contributed by atoms with van der Waals surface area (Å²) in [6.07, 6.45) is 0. The van der Waals surface area contributed by atoms with Crippen molar-refractivity contribution in [3.8, 4) is 33.4 Å². The molecule has 0 bridgehead atoms. The van der Waals surface area contributed by atoms with E-state index in [0.717, 1.165) is 5.69 Å². The first-order chi connectivity index (χ1) is 30.3. The minimum absolute atomic E-state index is 0.139. The Morgan fingerprint density at radius 2 is 0.871 bits per heavy atom. The van der Waals surface area contributed by atoms with Crippen LogP contribution in [0.3, 0.4) is 0 Å². The van der Waals surface area contributed by atoms with Gasteiger partial charge in [0, 0.05) is 27.9 Å². The predicted octanol–water partition coefficient (Wildman–Crippen LogP) is 12.5. The zero-order valence-electron chi connectivity index (χ0n) is 35.7. The molecule has 0 saturated carbocycles. The molecule has 0 spiro atoms. The maximum Gasteiger partial charge on any atom is 0.180 e. The molecular formula is C60H47NSi. The van der Waals surface area contributed by atoms with Gasteiger partial charge in [-0.3, -0.25) is 0 Å². The number of hydrogen-bond acceptors (Lipinski definition) is 1. The van der Waals surface area contributed by atoms with Crippen molar-refractivity contribution in [3.63, 3.8) is 0 Å². The molecule has 3 aliphatic rings. The monoisotopic (exact) mass is 809 g/mol. The number of hydrogen-bond donors (Lipinski definition) is 0. The minimum atomic E-state index is -2.77. The van der Waals surface area contributed by atoms with E-state index < -0.39 is 8.07 Å². The van der Waals surface area contributed by atoms with E-state index in [1.165, 1.54) is 98.9 Å². The third-order valence-corrected chi connectivity index (χ3v) is 19.5. The van der Waals surface area contributed by atoms with E-state index in [9.17, 15) is 0 Å². The van der Waals surface area contributed by atoms with Crippen molar-refractivity contribution >= 4 is 45.9 Å². The van der Waals surface area contributed by atoms with Crippen LogP contribution in [0.2, 0.25) is 0 Å². The summed E-state index contributed by atoms with van der Waals surface area (Å²) in [5.41, 5.74) is 19.1. The Hall–Kier alpha value is -7.00. The van der Waals surface area contributed by atoms with E-state index >= 15 is 0 Å². The first-order valence-electron chi connectivity index (χ1n) is 22.0. The second-order valence-electron chi connectivity index (χ2n) is 18.3. The molecule has 1 aliphatic heterocycles. The van der Waals surface area contributed by atoms with Crippen molar-refractivity contribution in [2.75, 3.05) is 4.90 Å². The van der Waals surface area contributed by atoms with Crippen LogP contribution < -0.4 is 25.6 Å². The van der Waals surface area contributed by atoms with Gasteiger partial charge in [-0.1, -0.05) is 190 Å². The van der Waals surface area contributed by atoms with Gasteiger partial charge >= 0.3 is 0 Å². The van der Waals surface area contributed by atoms with Crippen LogP contribution in [-0.2, 0) is 10.8 Å². The van der Waals surface area contributed by atoms with Gasteiger partial charge in [0.1, 0.15) is 0 Å². The zero-order valence-corrected chi connectivity index (χ0v) is 36.7. The van der Waals surface area contributed by atoms with Crippen LogP contribution in [-0.4, -0.2) is 8.07 Å². The second kappa shape index (κ2) is 13.5. The van der Waals surface area contributed by atoms with Crippen molar-refractivity contribution in [2.24, 2.45) is 0 Å². The normalized spacial score (nSPS) is 15.2. The van der Waals surface area contributed by atoms with E-state index in [2.05, 4.69) is 245 Å². The van der Waals surface area contributed by atoms with E-state index in [4.69, 9.17) is 0 Å². The van der Waals surface area contributed by atoms with Crippen LogP contribution in [0.4, 0.5) is 17.1 Å². The van der Waals surface area contributed by atoms with Crippen molar-refractivity contribution in [3.05, 3.63) is 246 Å². The molecule has 9 aromatic rings. The van der Waals surface area contributed by atoms with E-state index in [-0.39, 0.29) is 10.8 Å². The molecule has 296 valence electrons. The number of fused-ring (bicyclic) bond motifs is 9. The SMILES string of the molecule is Cc1cc(N(c2cccc(C3(C)c4ccccc4-c4ccccc43)c2)c2ccc3c(c2)C(C)(C)c2ccccc2-3)cc([Si]2(c3ccccc3)c3ccccc3-c3ccccc32)c1. The minimum Gasteiger partial charge on any atom is -0.310 e. The van der Waals surface area contributed by atoms with Crippen LogP contribution in [0.5, 0.6) is 0 Å². The molecule has 12 rings (SSSR count). The fraction of sp³-hybridized carbons (Fsp3) is 0.100. The predicted molar refractivity (Wildman–Crippen MR) is 263 cm³/mol. The van der Waals surface area contributed by atoms with Gasteiger partial charge in [0.05, 0.1) is 0 Å². The van der Waals surface area contributed by atoms with Crippen LogP contribution >= 0.6 is 0 Å². The number of nitrogens with zero attached hydrogens (tertiary/aromatic N) is 1. The maximum absolute atomic E-state index is 2.77. The van der Waals surface area contributed by atoms with Crippen LogP contribution in [0.15, 0.2) is 212 Å². The number of aryl methyl sites for hydroxylation is 1. The van der Waals surface area contributed by atoms with Gasteiger partial charge in [-0.05, 0) is 138 Å². The molecule has 0 unspecified atom stereocenters. The third kappa shape index (κ3) is 5.02. The van der Waals surface area contributed by atoms with Crippen LogP contribution in [0.25, 0.3) is 33.4 Å². The van der Waals surface area contributed by atoms with Gasteiger partial charge in [0.15, 0.2) is 8.07 Å². The average Bonchev–Trinajstić information content (AvgIpc) is 3.86. The number of rotatable bonds is 6. The van der Waals surface area contributed by atoms with Gasteiger partial charge in [-0.25, -0.2) is 0 Å². The molecule has 2 aliphatic carbocycles.